The molecule has 186 valence electrons. The highest BCUT2D eigenvalue weighted by Crippen LogP contribution is 2.45. The molecule has 1 fully saturated rings. The average Bonchev–Trinajstić information content (AvgIpc) is 3.56. The Balaban J connectivity index is 1.50. The highest BCUT2D eigenvalue weighted by atomic mass is 32.1. The van der Waals surface area contributed by atoms with Crippen molar-refractivity contribution in [2.45, 2.75) is 32.4 Å². The second-order valence-electron chi connectivity index (χ2n) is 8.97. The number of pyridine rings is 1. The molecule has 4 aromatic rings. The first kappa shape index (κ1) is 23.2. The maximum absolute atomic E-state index is 13.4. The normalized spacial score (nSPS) is 20.3. The molecule has 37 heavy (non-hydrogen) atoms. The van der Waals surface area contributed by atoms with Gasteiger partial charge in [-0.25, -0.2) is 4.98 Å². The molecule has 0 aliphatic carbocycles. The molecule has 1 saturated heterocycles. The number of Topliss-reactive ketones (excluding diaryl/α,β-unsaturated/α-hetero) is 1. The van der Waals surface area contributed by atoms with Gasteiger partial charge in [0.25, 0.3) is 5.78 Å². The van der Waals surface area contributed by atoms with E-state index in [1.807, 2.05) is 38.1 Å². The van der Waals surface area contributed by atoms with Crippen LogP contribution in [-0.2, 0) is 16.0 Å². The Morgan fingerprint density at radius 2 is 2.08 bits per heavy atom. The predicted octanol–water partition coefficient (Wildman–Crippen LogP) is 5.04. The van der Waals surface area contributed by atoms with Crippen LogP contribution < -0.4 is 14.4 Å². The molecule has 0 spiro atoms. The smallest absolute Gasteiger partial charge is 0.301 e. The lowest BCUT2D eigenvalue weighted by Gasteiger charge is -2.22. The molecule has 2 aromatic carbocycles. The highest BCUT2D eigenvalue weighted by Gasteiger charge is 2.48. The molecule has 1 N–H and O–H groups in total. The van der Waals surface area contributed by atoms with Gasteiger partial charge in [-0.3, -0.25) is 19.5 Å². The first-order valence-electron chi connectivity index (χ1n) is 12.0. The van der Waals surface area contributed by atoms with E-state index in [2.05, 4.69) is 9.97 Å². The van der Waals surface area contributed by atoms with E-state index in [4.69, 9.17) is 9.47 Å². The number of aliphatic hydroxyl groups is 1. The second-order valence-corrected chi connectivity index (χ2v) is 9.98. The highest BCUT2D eigenvalue weighted by molar-refractivity contribution is 7.22. The van der Waals surface area contributed by atoms with Crippen LogP contribution in [0.3, 0.4) is 0 Å². The van der Waals surface area contributed by atoms with Crippen molar-refractivity contribution < 1.29 is 24.2 Å². The summed E-state index contributed by atoms with van der Waals surface area (Å²) < 4.78 is 12.2. The van der Waals surface area contributed by atoms with Gasteiger partial charge >= 0.3 is 5.91 Å². The van der Waals surface area contributed by atoms with Crippen molar-refractivity contribution in [1.82, 2.24) is 9.97 Å². The summed E-state index contributed by atoms with van der Waals surface area (Å²) in [5.74, 6) is -0.305. The number of fused-ring (bicyclic) bond motifs is 2. The van der Waals surface area contributed by atoms with Crippen molar-refractivity contribution in [3.05, 3.63) is 83.2 Å². The quantitative estimate of drug-likeness (QED) is 0.227. The van der Waals surface area contributed by atoms with E-state index < -0.39 is 17.7 Å². The SMILES string of the molecule is CCOc1ccc2nc(N3C(=O)C(=O)C(=C(O)c4ccc5c(c4)C[C@@H](C)O5)[C@H]3c3cccnc3)sc2c1. The van der Waals surface area contributed by atoms with Crippen LogP contribution in [0.5, 0.6) is 11.5 Å². The molecule has 0 unspecified atom stereocenters. The van der Waals surface area contributed by atoms with Gasteiger partial charge in [0.15, 0.2) is 5.13 Å². The number of aliphatic hydroxyl groups excluding tert-OH is 1. The standard InChI is InChI=1S/C28H23N3O5S/c1-3-35-19-7-8-20-22(13-19)37-28(30-20)31-24(17-5-4-10-29-14-17)23(26(33)27(31)34)25(32)16-6-9-21-18(12-16)11-15(2)36-21/h4-10,12-15,24,32H,3,11H2,1-2H3/t15-,24-/m1/s1. The van der Waals surface area contributed by atoms with Crippen LogP contribution in [0.4, 0.5) is 5.13 Å². The molecular weight excluding hydrogens is 490 g/mol. The second kappa shape index (κ2) is 9.01. The Bertz CT molecular complexity index is 1580. The van der Waals surface area contributed by atoms with Gasteiger partial charge < -0.3 is 14.6 Å². The summed E-state index contributed by atoms with van der Waals surface area (Å²) in [6.07, 6.45) is 3.95. The monoisotopic (exact) mass is 513 g/mol. The van der Waals surface area contributed by atoms with Gasteiger partial charge in [-0.2, -0.15) is 0 Å². The number of aromatic nitrogens is 2. The number of amides is 1. The fraction of sp³-hybridized carbons (Fsp3) is 0.214. The number of carbonyl (C=O) groups is 2. The lowest BCUT2D eigenvalue weighted by molar-refractivity contribution is -0.132. The first-order chi connectivity index (χ1) is 17.9. The Morgan fingerprint density at radius 3 is 2.86 bits per heavy atom. The molecule has 0 bridgehead atoms. The van der Waals surface area contributed by atoms with Gasteiger partial charge in [-0.1, -0.05) is 17.4 Å². The van der Waals surface area contributed by atoms with E-state index in [1.165, 1.54) is 16.2 Å². The van der Waals surface area contributed by atoms with Gasteiger partial charge in [0.1, 0.15) is 23.4 Å². The number of rotatable bonds is 5. The average molecular weight is 514 g/mol. The van der Waals surface area contributed by atoms with Gasteiger partial charge in [0, 0.05) is 24.4 Å². The minimum absolute atomic E-state index is 0.000764. The number of hydrogen-bond acceptors (Lipinski definition) is 8. The van der Waals surface area contributed by atoms with Gasteiger partial charge in [0.05, 0.1) is 28.4 Å². The third-order valence-electron chi connectivity index (χ3n) is 6.48. The Labute approximate surface area is 216 Å². The Morgan fingerprint density at radius 1 is 1.22 bits per heavy atom. The first-order valence-corrected chi connectivity index (χ1v) is 12.8. The molecule has 0 saturated carbocycles. The zero-order valence-electron chi connectivity index (χ0n) is 20.2. The minimum Gasteiger partial charge on any atom is -0.507 e. The van der Waals surface area contributed by atoms with Crippen LogP contribution in [0.25, 0.3) is 16.0 Å². The van der Waals surface area contributed by atoms with E-state index in [1.54, 1.807) is 36.7 Å². The lowest BCUT2D eigenvalue weighted by atomic mass is 9.95. The van der Waals surface area contributed by atoms with Gasteiger partial charge in [-0.15, -0.1) is 0 Å². The van der Waals surface area contributed by atoms with Crippen molar-refractivity contribution in [3.63, 3.8) is 0 Å². The molecule has 2 aliphatic heterocycles. The topological polar surface area (TPSA) is 102 Å². The van der Waals surface area contributed by atoms with Gasteiger partial charge in [-0.05, 0) is 67.4 Å². The van der Waals surface area contributed by atoms with Crippen LogP contribution in [-0.4, -0.2) is 39.5 Å². The number of carbonyl (C=O) groups excluding carboxylic acids is 2. The number of ether oxygens (including phenoxy) is 2. The number of nitrogens with zero attached hydrogens (tertiary/aromatic N) is 3. The van der Waals surface area contributed by atoms with Gasteiger partial charge in [0.2, 0.25) is 0 Å². The molecule has 8 nitrogen and oxygen atoms in total. The molecule has 6 rings (SSSR count). The van der Waals surface area contributed by atoms with Crippen LogP contribution in [0.1, 0.15) is 36.6 Å². The number of thiazole rings is 1. The third kappa shape index (κ3) is 3.92. The van der Waals surface area contributed by atoms with Crippen molar-refractivity contribution in [2.24, 2.45) is 0 Å². The molecule has 2 atom stereocenters. The van der Waals surface area contributed by atoms with E-state index in [-0.39, 0.29) is 17.4 Å². The van der Waals surface area contributed by atoms with E-state index in [0.29, 0.717) is 40.6 Å². The summed E-state index contributed by atoms with van der Waals surface area (Å²) in [5.41, 5.74) is 2.67. The fourth-order valence-electron chi connectivity index (χ4n) is 4.86. The fourth-order valence-corrected chi connectivity index (χ4v) is 5.88. The Hall–Kier alpha value is -4.24. The Kier molecular flexibility index (Phi) is 5.64. The van der Waals surface area contributed by atoms with Crippen molar-refractivity contribution in [2.75, 3.05) is 11.5 Å². The maximum Gasteiger partial charge on any atom is 0.301 e. The molecule has 1 amide bonds. The zero-order chi connectivity index (χ0) is 25.7. The largest absolute Gasteiger partial charge is 0.507 e. The van der Waals surface area contributed by atoms with E-state index in [0.717, 1.165) is 16.0 Å². The number of benzene rings is 2. The number of anilines is 1. The summed E-state index contributed by atoms with van der Waals surface area (Å²) in [5, 5.41) is 11.8. The predicted molar refractivity (Wildman–Crippen MR) is 140 cm³/mol. The molecule has 9 heteroatoms. The van der Waals surface area contributed by atoms with Crippen molar-refractivity contribution in [1.29, 1.82) is 0 Å². The molecular formula is C28H23N3O5S. The van der Waals surface area contributed by atoms with Crippen LogP contribution in [0.15, 0.2) is 66.5 Å². The zero-order valence-corrected chi connectivity index (χ0v) is 21.0. The minimum atomic E-state index is -0.885. The molecule has 4 heterocycles. The third-order valence-corrected chi connectivity index (χ3v) is 7.50. The van der Waals surface area contributed by atoms with E-state index in [9.17, 15) is 14.7 Å². The molecule has 2 aromatic heterocycles. The summed E-state index contributed by atoms with van der Waals surface area (Å²) >= 11 is 1.29. The maximum atomic E-state index is 13.4. The lowest BCUT2D eigenvalue weighted by Crippen LogP contribution is -2.29. The van der Waals surface area contributed by atoms with Crippen LogP contribution in [0, 0.1) is 0 Å². The van der Waals surface area contributed by atoms with E-state index >= 15 is 0 Å². The number of ketones is 1. The summed E-state index contributed by atoms with van der Waals surface area (Å²) in [7, 11) is 0. The molecule has 2 aliphatic rings. The van der Waals surface area contributed by atoms with Crippen LogP contribution >= 0.6 is 11.3 Å². The van der Waals surface area contributed by atoms with Crippen LogP contribution in [0.2, 0.25) is 0 Å². The molecule has 0 radical (unpaired) electrons. The summed E-state index contributed by atoms with van der Waals surface area (Å²) in [6.45, 7) is 4.41. The van der Waals surface area contributed by atoms with Crippen molar-refractivity contribution >= 4 is 44.1 Å². The number of hydrogen-bond donors (Lipinski definition) is 1. The van der Waals surface area contributed by atoms with Crippen molar-refractivity contribution in [3.8, 4) is 11.5 Å². The summed E-state index contributed by atoms with van der Waals surface area (Å²) in [4.78, 5) is 37.1. The summed E-state index contributed by atoms with van der Waals surface area (Å²) in [6, 6.07) is 13.4.